The fraction of sp³-hybridized carbons (Fsp3) is 0.0833. The molecule has 0 spiro atoms. The van der Waals surface area contributed by atoms with Crippen LogP contribution in [0.3, 0.4) is 0 Å². The number of rotatable bonds is 2. The van der Waals surface area contributed by atoms with Gasteiger partial charge in [0.1, 0.15) is 0 Å². The van der Waals surface area contributed by atoms with Crippen LogP contribution in [0.2, 0.25) is 0 Å². The van der Waals surface area contributed by atoms with Gasteiger partial charge in [-0.1, -0.05) is 12.6 Å². The second-order valence-electron chi connectivity index (χ2n) is 3.49. The smallest absolute Gasteiger partial charge is 0.0992 e. The number of benzene rings is 1. The molecule has 0 aliphatic carbocycles. The van der Waals surface area contributed by atoms with Gasteiger partial charge in [0.2, 0.25) is 0 Å². The van der Waals surface area contributed by atoms with Crippen molar-refractivity contribution in [2.24, 2.45) is 5.73 Å². The molecule has 0 amide bonds. The van der Waals surface area contributed by atoms with E-state index in [-0.39, 0.29) is 0 Å². The van der Waals surface area contributed by atoms with Crippen LogP contribution < -0.4 is 5.73 Å². The van der Waals surface area contributed by atoms with Crippen LogP contribution in [0.15, 0.2) is 42.7 Å². The lowest BCUT2D eigenvalue weighted by atomic mass is 10.2. The molecule has 1 aromatic heterocycles. The molecule has 0 saturated heterocycles. The van der Waals surface area contributed by atoms with Gasteiger partial charge in [-0.2, -0.15) is 5.26 Å². The molecule has 2 aromatic rings. The third kappa shape index (κ3) is 1.70. The van der Waals surface area contributed by atoms with Crippen molar-refractivity contribution < 1.29 is 0 Å². The van der Waals surface area contributed by atoms with E-state index in [0.29, 0.717) is 17.8 Å². The highest BCUT2D eigenvalue weighted by atomic mass is 15.0. The third-order valence-electron chi connectivity index (χ3n) is 2.28. The molecular formula is C12H11N3. The Morgan fingerprint density at radius 3 is 2.93 bits per heavy atom. The Kier molecular flexibility index (Phi) is 2.18. The zero-order valence-corrected chi connectivity index (χ0v) is 8.27. The van der Waals surface area contributed by atoms with Crippen molar-refractivity contribution >= 4 is 10.9 Å². The summed E-state index contributed by atoms with van der Waals surface area (Å²) in [6.07, 6.45) is 1.95. The van der Waals surface area contributed by atoms with Crippen LogP contribution in [0.1, 0.15) is 5.56 Å². The second kappa shape index (κ2) is 3.50. The van der Waals surface area contributed by atoms with Crippen LogP contribution >= 0.6 is 0 Å². The summed E-state index contributed by atoms with van der Waals surface area (Å²) in [5.41, 5.74) is 7.84. The highest BCUT2D eigenvalue weighted by Crippen LogP contribution is 2.17. The summed E-state index contributed by atoms with van der Waals surface area (Å²) >= 11 is 0. The Morgan fingerprint density at radius 1 is 1.47 bits per heavy atom. The number of hydrogen-bond acceptors (Lipinski definition) is 2. The van der Waals surface area contributed by atoms with Crippen molar-refractivity contribution in [1.29, 1.82) is 5.26 Å². The molecular weight excluding hydrogens is 186 g/mol. The van der Waals surface area contributed by atoms with E-state index in [1.165, 1.54) is 0 Å². The minimum absolute atomic E-state index is 0.582. The average molecular weight is 197 g/mol. The lowest BCUT2D eigenvalue weighted by molar-refractivity contribution is 0.813. The maximum absolute atomic E-state index is 8.81. The van der Waals surface area contributed by atoms with Crippen molar-refractivity contribution in [1.82, 2.24) is 4.57 Å². The van der Waals surface area contributed by atoms with Gasteiger partial charge >= 0.3 is 0 Å². The van der Waals surface area contributed by atoms with Gasteiger partial charge in [-0.15, -0.1) is 0 Å². The van der Waals surface area contributed by atoms with Gasteiger partial charge in [-0.3, -0.25) is 0 Å². The van der Waals surface area contributed by atoms with Gasteiger partial charge in [0.15, 0.2) is 0 Å². The van der Waals surface area contributed by atoms with Crippen molar-refractivity contribution in [3.05, 3.63) is 48.3 Å². The van der Waals surface area contributed by atoms with Gasteiger partial charge in [0.25, 0.3) is 0 Å². The van der Waals surface area contributed by atoms with E-state index in [1.54, 1.807) is 0 Å². The summed E-state index contributed by atoms with van der Waals surface area (Å²) in [4.78, 5) is 0. The highest BCUT2D eigenvalue weighted by Gasteiger charge is 2.02. The topological polar surface area (TPSA) is 54.7 Å². The summed E-state index contributed by atoms with van der Waals surface area (Å²) in [5.74, 6) is 0. The number of aromatic nitrogens is 1. The molecule has 74 valence electrons. The normalized spacial score (nSPS) is 10.1. The summed E-state index contributed by atoms with van der Waals surface area (Å²) in [7, 11) is 0. The molecule has 15 heavy (non-hydrogen) atoms. The Balaban J connectivity index is 2.57. The minimum atomic E-state index is 0.582. The lowest BCUT2D eigenvalue weighted by Gasteiger charge is -2.04. The summed E-state index contributed by atoms with van der Waals surface area (Å²) in [6.45, 7) is 4.25. The van der Waals surface area contributed by atoms with E-state index in [0.717, 1.165) is 10.9 Å². The van der Waals surface area contributed by atoms with Crippen molar-refractivity contribution in [3.63, 3.8) is 0 Å². The van der Waals surface area contributed by atoms with Crippen molar-refractivity contribution in [2.75, 3.05) is 0 Å². The predicted octanol–water partition coefficient (Wildman–Crippen LogP) is 1.99. The fourth-order valence-electron chi connectivity index (χ4n) is 1.61. The molecule has 3 nitrogen and oxygen atoms in total. The number of nitriles is 1. The van der Waals surface area contributed by atoms with Crippen LogP contribution in [0.4, 0.5) is 0 Å². The lowest BCUT2D eigenvalue weighted by Crippen LogP contribution is -2.05. The van der Waals surface area contributed by atoms with Gasteiger partial charge < -0.3 is 10.3 Å². The first kappa shape index (κ1) is 9.35. The number of nitrogens with two attached hydrogens (primary N) is 1. The predicted molar refractivity (Wildman–Crippen MR) is 60.0 cm³/mol. The van der Waals surface area contributed by atoms with E-state index < -0.39 is 0 Å². The van der Waals surface area contributed by atoms with E-state index in [9.17, 15) is 0 Å². The maximum atomic E-state index is 8.81. The first-order chi connectivity index (χ1) is 7.20. The molecule has 2 N–H and O–H groups in total. The number of nitrogens with zero attached hydrogens (tertiary/aromatic N) is 2. The number of fused-ring (bicyclic) bond motifs is 1. The van der Waals surface area contributed by atoms with Gasteiger partial charge in [-0.25, -0.2) is 0 Å². The molecule has 0 unspecified atom stereocenters. The molecule has 0 aliphatic rings. The van der Waals surface area contributed by atoms with E-state index in [2.05, 4.69) is 12.6 Å². The zero-order chi connectivity index (χ0) is 10.8. The number of hydrogen-bond donors (Lipinski definition) is 1. The Labute approximate surface area is 88.0 Å². The molecule has 3 heteroatoms. The molecule has 2 rings (SSSR count). The highest BCUT2D eigenvalue weighted by molar-refractivity contribution is 5.81. The van der Waals surface area contributed by atoms with Gasteiger partial charge in [0, 0.05) is 17.4 Å². The first-order valence-corrected chi connectivity index (χ1v) is 4.63. The molecule has 0 fully saturated rings. The Bertz CT molecular complexity index is 558. The second-order valence-corrected chi connectivity index (χ2v) is 3.49. The number of allylic oxidation sites excluding steroid dienone is 1. The van der Waals surface area contributed by atoms with Crippen LogP contribution in [-0.2, 0) is 6.54 Å². The standard InChI is InChI=1S/C12H11N3/c1-9(14)8-15-5-4-11-3-2-10(7-13)6-12(11)15/h2-6H,1,8,14H2. The van der Waals surface area contributed by atoms with Crippen LogP contribution in [0.25, 0.3) is 10.9 Å². The average Bonchev–Trinajstić information content (AvgIpc) is 2.60. The van der Waals surface area contributed by atoms with Crippen LogP contribution in [0.5, 0.6) is 0 Å². The van der Waals surface area contributed by atoms with E-state index >= 15 is 0 Å². The van der Waals surface area contributed by atoms with E-state index in [4.69, 9.17) is 11.0 Å². The fourth-order valence-corrected chi connectivity index (χ4v) is 1.61. The van der Waals surface area contributed by atoms with Crippen molar-refractivity contribution in [2.45, 2.75) is 6.54 Å². The van der Waals surface area contributed by atoms with E-state index in [1.807, 2.05) is 35.0 Å². The zero-order valence-electron chi connectivity index (χ0n) is 8.27. The molecule has 1 heterocycles. The minimum Gasteiger partial charge on any atom is -0.401 e. The van der Waals surface area contributed by atoms with Gasteiger partial charge in [-0.05, 0) is 23.6 Å². The summed E-state index contributed by atoms with van der Waals surface area (Å²) < 4.78 is 1.98. The third-order valence-corrected chi connectivity index (χ3v) is 2.28. The molecule has 0 saturated carbocycles. The molecule has 0 bridgehead atoms. The quantitative estimate of drug-likeness (QED) is 0.800. The maximum Gasteiger partial charge on any atom is 0.0992 e. The largest absolute Gasteiger partial charge is 0.401 e. The summed E-state index contributed by atoms with van der Waals surface area (Å²) in [6, 6.07) is 9.72. The first-order valence-electron chi connectivity index (χ1n) is 4.63. The Morgan fingerprint density at radius 2 is 2.27 bits per heavy atom. The van der Waals surface area contributed by atoms with Gasteiger partial charge in [0.05, 0.1) is 18.2 Å². The molecule has 0 atom stereocenters. The van der Waals surface area contributed by atoms with Crippen molar-refractivity contribution in [3.8, 4) is 6.07 Å². The summed E-state index contributed by atoms with van der Waals surface area (Å²) in [5, 5.41) is 9.91. The van der Waals surface area contributed by atoms with Crippen LogP contribution in [0, 0.1) is 11.3 Å². The molecule has 0 aliphatic heterocycles. The SMILES string of the molecule is C=C(N)Cn1ccc2ccc(C#N)cc21. The molecule has 1 aromatic carbocycles. The van der Waals surface area contributed by atoms with Crippen LogP contribution in [-0.4, -0.2) is 4.57 Å². The monoisotopic (exact) mass is 197 g/mol. The Hall–Kier alpha value is -2.21. The molecule has 0 radical (unpaired) electrons.